The first-order chi connectivity index (χ1) is 53.7. The Balaban J connectivity index is 3.10. The van der Waals surface area contributed by atoms with Crippen molar-refractivity contribution in [1.82, 2.24) is 0 Å². The molecule has 0 atom stereocenters. The van der Waals surface area contributed by atoms with E-state index < -0.39 is 5.97 Å². The summed E-state index contributed by atoms with van der Waals surface area (Å²) in [6.45, 7) is 3.43. The van der Waals surface area contributed by atoms with Crippen molar-refractivity contribution in [1.29, 1.82) is 0 Å². The molecular weight excluding hydrogens is 1310 g/mol. The van der Waals surface area contributed by atoms with Gasteiger partial charge in [-0.05, 0) is 12.8 Å². The van der Waals surface area contributed by atoms with E-state index in [-0.39, 0.29) is 5.97 Å². The molecule has 0 aliphatic carbocycles. The minimum absolute atomic E-state index is 0.140. The van der Waals surface area contributed by atoms with Crippen LogP contribution < -0.4 is 0 Å². The van der Waals surface area contributed by atoms with Crippen molar-refractivity contribution in [3.05, 3.63) is 12.8 Å². The zero-order chi connectivity index (χ0) is 77.3. The van der Waals surface area contributed by atoms with Crippen molar-refractivity contribution in [3.63, 3.8) is 0 Å². The summed E-state index contributed by atoms with van der Waals surface area (Å²) in [4.78, 5) is 21.9. The fourth-order valence-corrected chi connectivity index (χ4v) is 17.7. The predicted octanol–water partition coefficient (Wildman–Crippen LogP) is 38.8. The molecule has 0 fully saturated rings. The molecular formula is C104H204O4. The van der Waals surface area contributed by atoms with E-state index in [1.165, 1.54) is 610 Å². The second kappa shape index (κ2) is 102. The zero-order valence-electron chi connectivity index (χ0n) is 74.7. The Morgan fingerprint density at radius 3 is 0.296 bits per heavy atom. The highest BCUT2D eigenvalue weighted by Gasteiger charge is 2.06. The predicted molar refractivity (Wildman–Crippen MR) is 486 cm³/mol. The van der Waals surface area contributed by atoms with Crippen LogP contribution >= 0.6 is 0 Å². The van der Waals surface area contributed by atoms with Crippen LogP contribution in [0.1, 0.15) is 642 Å². The number of aliphatic carboxylic acids is 1. The molecule has 0 aromatic carbocycles. The van der Waals surface area contributed by atoms with Crippen molar-refractivity contribution >= 4 is 11.9 Å². The first-order valence-electron chi connectivity index (χ1n) is 51.7. The zero-order valence-corrected chi connectivity index (χ0v) is 74.7. The van der Waals surface area contributed by atoms with Crippen LogP contribution in [0.25, 0.3) is 0 Å². The maximum Gasteiger partial charge on any atom is 0.310 e. The van der Waals surface area contributed by atoms with Gasteiger partial charge in [-0.25, -0.2) is 0 Å². The van der Waals surface area contributed by atoms with Crippen LogP contribution in [0.5, 0.6) is 0 Å². The highest BCUT2D eigenvalue weighted by Crippen LogP contribution is 2.24. The molecule has 0 saturated heterocycles. The monoisotopic (exact) mass is 1520 g/mol. The normalized spacial score (nSPS) is 11.7. The fourth-order valence-electron chi connectivity index (χ4n) is 17.7. The van der Waals surface area contributed by atoms with Crippen LogP contribution in [0.2, 0.25) is 0 Å². The van der Waals surface area contributed by atoms with Gasteiger partial charge in [-0.2, -0.15) is 0 Å². The molecule has 4 nitrogen and oxygen atoms in total. The van der Waals surface area contributed by atoms with Gasteiger partial charge in [0.25, 0.3) is 0 Å². The highest BCUT2D eigenvalue weighted by atomic mass is 16.5. The van der Waals surface area contributed by atoms with Gasteiger partial charge in [0.15, 0.2) is 0 Å². The van der Waals surface area contributed by atoms with Crippen molar-refractivity contribution < 1.29 is 19.4 Å². The summed E-state index contributed by atoms with van der Waals surface area (Å²) in [7, 11) is 0. The molecule has 0 rings (SSSR count). The Labute approximate surface area is 682 Å². The van der Waals surface area contributed by atoms with Crippen LogP contribution in [0, 0.1) is 0 Å². The Kier molecular flexibility index (Phi) is 101. The number of unbranched alkanes of at least 4 members (excludes halogenated alkanes) is 97. The van der Waals surface area contributed by atoms with Gasteiger partial charge in [0, 0.05) is 12.8 Å². The van der Waals surface area contributed by atoms with Crippen molar-refractivity contribution in [2.24, 2.45) is 0 Å². The van der Waals surface area contributed by atoms with Crippen LogP contribution in [-0.2, 0) is 14.3 Å². The number of esters is 1. The second-order valence-electron chi connectivity index (χ2n) is 36.2. The van der Waals surface area contributed by atoms with E-state index >= 15 is 0 Å². The van der Waals surface area contributed by atoms with Crippen molar-refractivity contribution in [2.45, 2.75) is 642 Å². The molecule has 0 unspecified atom stereocenters. The van der Waals surface area contributed by atoms with E-state index in [1.54, 1.807) is 0 Å². The van der Waals surface area contributed by atoms with Crippen molar-refractivity contribution in [2.75, 3.05) is 0 Å². The molecule has 0 spiro atoms. The lowest BCUT2D eigenvalue weighted by molar-refractivity contribution is -0.138. The van der Waals surface area contributed by atoms with Gasteiger partial charge < -0.3 is 9.84 Å². The summed E-state index contributed by atoms with van der Waals surface area (Å²) in [6, 6.07) is 0. The van der Waals surface area contributed by atoms with Gasteiger partial charge in [-0.1, -0.05) is 623 Å². The average molecular weight is 1520 g/mol. The minimum Gasteiger partial charge on any atom is -0.481 e. The number of ether oxygens (including phenoxy) is 1. The van der Waals surface area contributed by atoms with E-state index in [0.29, 0.717) is 12.8 Å². The third-order valence-electron chi connectivity index (χ3n) is 25.2. The fraction of sp³-hybridized carbons (Fsp3) is 0.962. The third kappa shape index (κ3) is 103. The van der Waals surface area contributed by atoms with Gasteiger partial charge in [0.2, 0.25) is 0 Å². The summed E-state index contributed by atoms with van der Waals surface area (Å²) in [5, 5.41) is 8.71. The number of carbonyl (C=O) groups is 2. The molecule has 108 heavy (non-hydrogen) atoms. The maximum atomic E-state index is 11.3. The van der Waals surface area contributed by atoms with Gasteiger partial charge >= 0.3 is 11.9 Å². The molecule has 4 heteroatoms. The first kappa shape index (κ1) is 107. The lowest BCUT2D eigenvalue weighted by Gasteiger charge is -2.05. The second-order valence-corrected chi connectivity index (χ2v) is 36.2. The van der Waals surface area contributed by atoms with E-state index in [2.05, 4.69) is 6.58 Å². The first-order valence-corrected chi connectivity index (χ1v) is 51.7. The topological polar surface area (TPSA) is 63.6 Å². The Hall–Kier alpha value is -1.32. The molecule has 0 aromatic heterocycles. The number of carboxylic acid groups (broad SMARTS) is 1. The summed E-state index contributed by atoms with van der Waals surface area (Å²) < 4.78 is 4.77. The lowest BCUT2D eigenvalue weighted by atomic mass is 10.0. The Morgan fingerprint density at radius 1 is 0.148 bits per heavy atom. The average Bonchev–Trinajstić information content (AvgIpc) is 3.34. The number of hydrogen-bond donors (Lipinski definition) is 1. The molecule has 0 amide bonds. The van der Waals surface area contributed by atoms with Crippen molar-refractivity contribution in [3.8, 4) is 0 Å². The highest BCUT2D eigenvalue weighted by molar-refractivity contribution is 5.69. The molecule has 0 aliphatic heterocycles. The van der Waals surface area contributed by atoms with Gasteiger partial charge in [0.1, 0.15) is 0 Å². The SMILES string of the molecule is C=COC(=O)CCCCCCCCCCCCCCCCCCCCCCCCCCCCCCCCCCCCCCCCCCCCCCCCCCCCCCCCCCCCCCCCCCCCCCCCCCCCCCCCCCCCCCCCCCCCCCCCCCCCC(=O)O. The largest absolute Gasteiger partial charge is 0.481 e. The lowest BCUT2D eigenvalue weighted by Crippen LogP contribution is -1.98. The minimum atomic E-state index is -0.645. The molecule has 1 N–H and O–H groups in total. The summed E-state index contributed by atoms with van der Waals surface area (Å²) >= 11 is 0. The quantitative estimate of drug-likeness (QED) is 0.0374. The van der Waals surface area contributed by atoms with Gasteiger partial charge in [-0.3, -0.25) is 9.59 Å². The smallest absolute Gasteiger partial charge is 0.310 e. The number of carboxylic acids is 1. The Morgan fingerprint density at radius 2 is 0.222 bits per heavy atom. The van der Waals surface area contributed by atoms with Crippen LogP contribution in [-0.4, -0.2) is 17.0 Å². The van der Waals surface area contributed by atoms with Gasteiger partial charge in [0.05, 0.1) is 6.26 Å². The maximum absolute atomic E-state index is 11.3. The van der Waals surface area contributed by atoms with Crippen LogP contribution in [0.3, 0.4) is 0 Å². The summed E-state index contributed by atoms with van der Waals surface area (Å²) in [5.41, 5.74) is 0. The third-order valence-corrected chi connectivity index (χ3v) is 25.2. The number of carbonyl (C=O) groups excluding carboxylic acids is 1. The van der Waals surface area contributed by atoms with E-state index in [1.807, 2.05) is 0 Å². The summed E-state index contributed by atoms with van der Waals surface area (Å²) in [6.07, 6.45) is 144. The van der Waals surface area contributed by atoms with Crippen LogP contribution in [0.4, 0.5) is 0 Å². The molecule has 644 valence electrons. The molecule has 0 radical (unpaired) electrons. The molecule has 0 heterocycles. The van der Waals surface area contributed by atoms with E-state index in [0.717, 1.165) is 25.7 Å². The molecule has 0 aromatic rings. The summed E-state index contributed by atoms with van der Waals surface area (Å²) in [5.74, 6) is -0.785. The molecule has 0 aliphatic rings. The van der Waals surface area contributed by atoms with Gasteiger partial charge in [-0.15, -0.1) is 0 Å². The van der Waals surface area contributed by atoms with E-state index in [9.17, 15) is 9.59 Å². The Bertz CT molecular complexity index is 1600. The van der Waals surface area contributed by atoms with Crippen LogP contribution in [0.15, 0.2) is 12.8 Å². The number of hydrogen-bond acceptors (Lipinski definition) is 3. The molecule has 0 saturated carbocycles. The van der Waals surface area contributed by atoms with E-state index in [4.69, 9.17) is 9.84 Å². The number of rotatable bonds is 102. The standard InChI is InChI=1S/C104H204O4/c1-2-108-104(107)102-100-98-96-94-92-90-88-86-84-82-80-78-76-74-72-70-68-66-64-62-60-58-56-54-52-50-48-46-44-42-40-38-36-34-32-30-28-26-24-22-20-18-16-14-12-10-8-6-4-3-5-7-9-11-13-15-17-19-21-23-25-27-29-31-33-35-37-39-41-43-45-47-49-51-53-55-57-59-61-63-65-67-69-71-73-75-77-79-81-83-85-87-89-91-93-95-97-99-101-103(105)106/h2H,1,3-102H2,(H,105,106). The molecule has 0 bridgehead atoms.